The summed E-state index contributed by atoms with van der Waals surface area (Å²) in [6.45, 7) is 2.41. The number of carbonyl (C=O) groups is 2. The summed E-state index contributed by atoms with van der Waals surface area (Å²) in [7, 11) is 0. The molecule has 2 heterocycles. The van der Waals surface area contributed by atoms with Crippen molar-refractivity contribution in [1.29, 1.82) is 0 Å². The molecule has 3 rings (SSSR count). The highest BCUT2D eigenvalue weighted by atomic mass is 16.5. The third kappa shape index (κ3) is 3.07. The van der Waals surface area contributed by atoms with Gasteiger partial charge in [-0.15, -0.1) is 0 Å². The first-order valence-electron chi connectivity index (χ1n) is 7.69. The maximum Gasteiger partial charge on any atom is 0.331 e. The number of aliphatic carboxylic acids is 1. The number of carbonyl (C=O) groups excluding carboxylic acids is 1. The highest BCUT2D eigenvalue weighted by molar-refractivity contribution is 5.88. The second-order valence-corrected chi connectivity index (χ2v) is 6.10. The fourth-order valence-electron chi connectivity index (χ4n) is 2.96. The van der Waals surface area contributed by atoms with Crippen LogP contribution < -0.4 is 5.32 Å². The van der Waals surface area contributed by atoms with Gasteiger partial charge < -0.3 is 20.1 Å². The number of fused-ring (bicyclic) bond motifs is 1. The van der Waals surface area contributed by atoms with E-state index in [1.165, 1.54) is 0 Å². The summed E-state index contributed by atoms with van der Waals surface area (Å²) in [6, 6.07) is 6.14. The molecule has 23 heavy (non-hydrogen) atoms. The molecule has 1 fully saturated rings. The van der Waals surface area contributed by atoms with Gasteiger partial charge in [-0.3, -0.25) is 4.79 Å². The lowest BCUT2D eigenvalue weighted by Crippen LogP contribution is -2.55. The number of rotatable bonds is 5. The molecule has 1 aliphatic rings. The summed E-state index contributed by atoms with van der Waals surface area (Å²) < 4.78 is 5.14. The minimum absolute atomic E-state index is 0.0281. The van der Waals surface area contributed by atoms with Gasteiger partial charge >= 0.3 is 5.97 Å². The molecule has 1 aromatic heterocycles. The topological polar surface area (TPSA) is 91.4 Å². The Hall–Kier alpha value is -2.34. The molecule has 1 aliphatic heterocycles. The van der Waals surface area contributed by atoms with Crippen LogP contribution in [0.1, 0.15) is 24.0 Å². The van der Waals surface area contributed by atoms with E-state index in [4.69, 9.17) is 4.74 Å². The Balaban J connectivity index is 1.66. The van der Waals surface area contributed by atoms with Crippen LogP contribution in [0, 0.1) is 6.92 Å². The molecule has 6 nitrogen and oxygen atoms in total. The van der Waals surface area contributed by atoms with Crippen molar-refractivity contribution in [2.75, 3.05) is 13.2 Å². The van der Waals surface area contributed by atoms with Gasteiger partial charge in [0.15, 0.2) is 5.54 Å². The van der Waals surface area contributed by atoms with Crippen molar-refractivity contribution in [2.24, 2.45) is 0 Å². The maximum absolute atomic E-state index is 12.2. The van der Waals surface area contributed by atoms with Gasteiger partial charge in [0.05, 0.1) is 6.61 Å². The normalized spacial score (nSPS) is 20.7. The largest absolute Gasteiger partial charge is 0.479 e. The highest BCUT2D eigenvalue weighted by Gasteiger charge is 2.43. The lowest BCUT2D eigenvalue weighted by Gasteiger charge is -2.23. The van der Waals surface area contributed by atoms with Gasteiger partial charge in [0, 0.05) is 36.5 Å². The van der Waals surface area contributed by atoms with Crippen molar-refractivity contribution >= 4 is 22.8 Å². The van der Waals surface area contributed by atoms with Crippen LogP contribution in [0.2, 0.25) is 0 Å². The minimum atomic E-state index is -1.27. The van der Waals surface area contributed by atoms with Crippen molar-refractivity contribution < 1.29 is 19.4 Å². The van der Waals surface area contributed by atoms with E-state index in [9.17, 15) is 14.7 Å². The fourth-order valence-corrected chi connectivity index (χ4v) is 2.96. The van der Waals surface area contributed by atoms with Crippen molar-refractivity contribution in [2.45, 2.75) is 31.7 Å². The Morgan fingerprint density at radius 2 is 2.26 bits per heavy atom. The average molecular weight is 316 g/mol. The molecule has 0 aliphatic carbocycles. The number of aromatic nitrogens is 1. The summed E-state index contributed by atoms with van der Waals surface area (Å²) in [4.78, 5) is 26.8. The van der Waals surface area contributed by atoms with E-state index < -0.39 is 11.5 Å². The first kappa shape index (κ1) is 15.6. The number of hydrogen-bond donors (Lipinski definition) is 3. The average Bonchev–Trinajstić information content (AvgIpc) is 3.12. The number of amides is 1. The number of H-pyrrole nitrogens is 1. The predicted octanol–water partition coefficient (Wildman–Crippen LogP) is 1.77. The Morgan fingerprint density at radius 1 is 1.43 bits per heavy atom. The summed E-state index contributed by atoms with van der Waals surface area (Å²) in [5.41, 5.74) is 1.99. The molecular formula is C17H20N2O4. The Bertz CT molecular complexity index is 744. The summed E-state index contributed by atoms with van der Waals surface area (Å²) in [6.07, 6.45) is 3.02. The van der Waals surface area contributed by atoms with Crippen LogP contribution in [0.15, 0.2) is 24.4 Å². The van der Waals surface area contributed by atoms with Gasteiger partial charge in [0.1, 0.15) is 0 Å². The SMILES string of the molecule is Cc1ccc2[nH]cc(CCC(=O)NC3(C(=O)O)CCOC3)c2c1. The quantitative estimate of drug-likeness (QED) is 0.784. The number of carboxylic acids is 1. The van der Waals surface area contributed by atoms with E-state index in [-0.39, 0.29) is 18.9 Å². The molecule has 0 saturated carbocycles. The van der Waals surface area contributed by atoms with Crippen molar-refractivity contribution in [1.82, 2.24) is 10.3 Å². The molecule has 3 N–H and O–H groups in total. The van der Waals surface area contributed by atoms with Gasteiger partial charge in [-0.2, -0.15) is 0 Å². The molecule has 2 aromatic rings. The first-order valence-corrected chi connectivity index (χ1v) is 7.69. The van der Waals surface area contributed by atoms with Gasteiger partial charge in [-0.25, -0.2) is 4.79 Å². The maximum atomic E-state index is 12.2. The van der Waals surface area contributed by atoms with Crippen LogP contribution >= 0.6 is 0 Å². The van der Waals surface area contributed by atoms with E-state index in [1.54, 1.807) is 0 Å². The Kier molecular flexibility index (Phi) is 4.09. The third-order valence-electron chi connectivity index (χ3n) is 4.35. The van der Waals surface area contributed by atoms with Crippen LogP contribution in [0.3, 0.4) is 0 Å². The van der Waals surface area contributed by atoms with Crippen molar-refractivity contribution in [3.8, 4) is 0 Å². The van der Waals surface area contributed by atoms with Crippen LogP contribution in [0.5, 0.6) is 0 Å². The molecule has 6 heteroatoms. The first-order chi connectivity index (χ1) is 11.0. The van der Waals surface area contributed by atoms with Crippen LogP contribution in [-0.2, 0) is 20.7 Å². The number of aryl methyl sites for hydroxylation is 2. The number of carboxylic acid groups (broad SMARTS) is 1. The number of nitrogens with one attached hydrogen (secondary N) is 2. The van der Waals surface area contributed by atoms with Crippen LogP contribution in [0.25, 0.3) is 10.9 Å². The van der Waals surface area contributed by atoms with E-state index in [2.05, 4.69) is 16.4 Å². The lowest BCUT2D eigenvalue weighted by molar-refractivity contribution is -0.147. The number of ether oxygens (including phenoxy) is 1. The number of hydrogen-bond acceptors (Lipinski definition) is 3. The number of benzene rings is 1. The standard InChI is InChI=1S/C17H20N2O4/c1-11-2-4-14-13(8-11)12(9-18-14)3-5-15(20)19-17(16(21)22)6-7-23-10-17/h2,4,8-9,18H,3,5-7,10H2,1H3,(H,19,20)(H,21,22). The summed E-state index contributed by atoms with van der Waals surface area (Å²) in [5, 5.41) is 13.1. The van der Waals surface area contributed by atoms with Gasteiger partial charge in [-0.05, 0) is 31.0 Å². The smallest absolute Gasteiger partial charge is 0.331 e. The van der Waals surface area contributed by atoms with Crippen molar-refractivity contribution in [3.63, 3.8) is 0 Å². The number of aromatic amines is 1. The molecule has 1 saturated heterocycles. The second kappa shape index (κ2) is 6.04. The third-order valence-corrected chi connectivity index (χ3v) is 4.35. The zero-order valence-corrected chi connectivity index (χ0v) is 13.0. The van der Waals surface area contributed by atoms with Crippen LogP contribution in [-0.4, -0.2) is 40.7 Å². The molecule has 0 bridgehead atoms. The van der Waals surface area contributed by atoms with E-state index in [1.807, 2.05) is 25.3 Å². The zero-order valence-electron chi connectivity index (χ0n) is 13.0. The van der Waals surface area contributed by atoms with E-state index in [0.29, 0.717) is 19.4 Å². The molecule has 122 valence electrons. The Morgan fingerprint density at radius 3 is 2.96 bits per heavy atom. The second-order valence-electron chi connectivity index (χ2n) is 6.10. The molecule has 0 radical (unpaired) electrons. The lowest BCUT2D eigenvalue weighted by atomic mass is 9.98. The van der Waals surface area contributed by atoms with Gasteiger partial charge in [0.2, 0.25) is 5.91 Å². The Labute approximate surface area is 133 Å². The molecule has 1 unspecified atom stereocenters. The van der Waals surface area contributed by atoms with E-state index >= 15 is 0 Å². The summed E-state index contributed by atoms with van der Waals surface area (Å²) >= 11 is 0. The highest BCUT2D eigenvalue weighted by Crippen LogP contribution is 2.22. The monoisotopic (exact) mass is 316 g/mol. The molecule has 1 amide bonds. The zero-order chi connectivity index (χ0) is 16.4. The summed E-state index contributed by atoms with van der Waals surface area (Å²) in [5.74, 6) is -1.30. The molecule has 1 atom stereocenters. The molecule has 0 spiro atoms. The molecular weight excluding hydrogens is 296 g/mol. The predicted molar refractivity (Wildman–Crippen MR) is 85.3 cm³/mol. The van der Waals surface area contributed by atoms with Gasteiger partial charge in [0.25, 0.3) is 0 Å². The van der Waals surface area contributed by atoms with Gasteiger partial charge in [-0.1, -0.05) is 11.6 Å². The fraction of sp³-hybridized carbons (Fsp3) is 0.412. The van der Waals surface area contributed by atoms with E-state index in [0.717, 1.165) is 22.0 Å². The van der Waals surface area contributed by atoms with Crippen molar-refractivity contribution in [3.05, 3.63) is 35.5 Å². The van der Waals surface area contributed by atoms with Crippen LogP contribution in [0.4, 0.5) is 0 Å². The minimum Gasteiger partial charge on any atom is -0.479 e. The molecule has 1 aromatic carbocycles.